The van der Waals surface area contributed by atoms with Gasteiger partial charge >= 0.3 is 5.97 Å². The van der Waals surface area contributed by atoms with Gasteiger partial charge in [0.1, 0.15) is 6.61 Å². The number of hydrogen-bond donors (Lipinski definition) is 1. The largest absolute Gasteiger partial charge is 0.493 e. The van der Waals surface area contributed by atoms with Crippen LogP contribution in [0.15, 0.2) is 36.4 Å². The van der Waals surface area contributed by atoms with E-state index < -0.39 is 5.97 Å². The number of carboxylic acid groups (broad SMARTS) is 1. The lowest BCUT2D eigenvalue weighted by atomic mass is 9.79. The van der Waals surface area contributed by atoms with Crippen molar-refractivity contribution in [2.45, 2.75) is 44.8 Å². The van der Waals surface area contributed by atoms with Gasteiger partial charge in [-0.2, -0.15) is 0 Å². The fraction of sp³-hybridized carbons (Fsp3) is 0.423. The number of methoxy groups -OCH3 is 1. The molecular weight excluding hydrogens is 507 g/mol. The maximum Gasteiger partial charge on any atom is 0.306 e. The first kappa shape index (κ1) is 26.3. The van der Waals surface area contributed by atoms with E-state index in [9.17, 15) is 19.5 Å². The number of halogens is 2. The number of nitrogens with zero attached hydrogens (tertiary/aromatic N) is 2. The Morgan fingerprint density at radius 3 is 2.25 bits per heavy atom. The molecule has 0 radical (unpaired) electrons. The summed E-state index contributed by atoms with van der Waals surface area (Å²) in [6, 6.07) is 11.3. The van der Waals surface area contributed by atoms with Crippen molar-refractivity contribution in [3.8, 4) is 11.5 Å². The molecule has 0 aromatic heterocycles. The molecule has 1 heterocycles. The lowest BCUT2D eigenvalue weighted by molar-refractivity contribution is -0.147. The summed E-state index contributed by atoms with van der Waals surface area (Å²) >= 11 is 12.3. The van der Waals surface area contributed by atoms with Gasteiger partial charge in [0.05, 0.1) is 29.6 Å². The molecule has 2 amide bonds. The number of ether oxygens (including phenoxy) is 2. The summed E-state index contributed by atoms with van der Waals surface area (Å²) in [4.78, 5) is 38.4. The van der Waals surface area contributed by atoms with Crippen molar-refractivity contribution in [3.63, 3.8) is 0 Å². The number of imide groups is 1. The second-order valence-electron chi connectivity index (χ2n) is 9.09. The topological polar surface area (TPSA) is 96.4 Å². The number of amides is 2. The maximum absolute atomic E-state index is 11.8. The molecule has 2 aromatic rings. The van der Waals surface area contributed by atoms with E-state index in [1.807, 2.05) is 24.3 Å². The van der Waals surface area contributed by atoms with Gasteiger partial charge in [0.2, 0.25) is 11.8 Å². The molecular formula is C26H28Cl2N2O6. The number of carbonyl (C=O) groups excluding carboxylic acids is 2. The van der Waals surface area contributed by atoms with E-state index in [0.717, 1.165) is 11.1 Å². The van der Waals surface area contributed by atoms with Crippen LogP contribution in [0.1, 0.15) is 36.8 Å². The van der Waals surface area contributed by atoms with Gasteiger partial charge in [-0.25, -0.2) is 0 Å². The molecule has 0 atom stereocenters. The fourth-order valence-electron chi connectivity index (χ4n) is 4.56. The van der Waals surface area contributed by atoms with Crippen LogP contribution in [0.5, 0.6) is 11.5 Å². The third-order valence-electron chi connectivity index (χ3n) is 6.69. The Morgan fingerprint density at radius 2 is 1.64 bits per heavy atom. The molecule has 1 saturated carbocycles. The van der Waals surface area contributed by atoms with E-state index >= 15 is 0 Å². The Labute approximate surface area is 219 Å². The highest BCUT2D eigenvalue weighted by Gasteiger charge is 2.38. The van der Waals surface area contributed by atoms with Crippen LogP contribution in [0, 0.1) is 5.92 Å². The van der Waals surface area contributed by atoms with E-state index in [1.54, 1.807) is 19.2 Å². The van der Waals surface area contributed by atoms with Crippen LogP contribution < -0.4 is 9.47 Å². The highest BCUT2D eigenvalue weighted by Crippen LogP contribution is 2.36. The summed E-state index contributed by atoms with van der Waals surface area (Å²) in [7, 11) is 1.55. The average molecular weight is 535 g/mol. The molecule has 0 unspecified atom stereocenters. The third-order valence-corrected chi connectivity index (χ3v) is 7.43. The molecule has 36 heavy (non-hydrogen) atoms. The van der Waals surface area contributed by atoms with Crippen molar-refractivity contribution in [1.29, 1.82) is 0 Å². The molecule has 1 N–H and O–H groups in total. The molecule has 8 nitrogen and oxygen atoms in total. The van der Waals surface area contributed by atoms with E-state index in [0.29, 0.717) is 47.5 Å². The van der Waals surface area contributed by atoms with Gasteiger partial charge in [-0.05, 0) is 48.2 Å². The molecule has 1 saturated heterocycles. The van der Waals surface area contributed by atoms with E-state index in [2.05, 4.69) is 4.90 Å². The van der Waals surface area contributed by atoms with E-state index in [4.69, 9.17) is 32.7 Å². The van der Waals surface area contributed by atoms with Crippen LogP contribution in [-0.2, 0) is 27.5 Å². The normalized spacial score (nSPS) is 19.5. The molecule has 192 valence electrons. The zero-order chi connectivity index (χ0) is 25.8. The van der Waals surface area contributed by atoms with Crippen LogP contribution in [-0.4, -0.2) is 59.0 Å². The molecule has 1 aliphatic heterocycles. The Bertz CT molecular complexity index is 1140. The summed E-state index contributed by atoms with van der Waals surface area (Å²) in [6.45, 7) is 1.54. The lowest BCUT2D eigenvalue weighted by Crippen LogP contribution is -2.46. The summed E-state index contributed by atoms with van der Waals surface area (Å²) in [5.41, 5.74) is 1.96. The minimum atomic E-state index is -0.763. The molecule has 1 aliphatic carbocycles. The number of rotatable bonds is 11. The molecule has 0 spiro atoms. The first-order valence-electron chi connectivity index (χ1n) is 11.8. The standard InChI is InChI=1S/C26H28Cl2N2O6/c1-35-23-11-17(3-5-22(23)36-9-8-30-24(31)6-7-25(30)32)15-29(19-12-18(13-19)26(33)34)14-16-2-4-20(27)21(28)10-16/h2-5,10-11,18-19H,6-9,12-15H2,1H3,(H,33,34). The highest BCUT2D eigenvalue weighted by atomic mass is 35.5. The number of aliphatic carboxylic acids is 1. The van der Waals surface area contributed by atoms with Gasteiger partial charge in [0.25, 0.3) is 0 Å². The Morgan fingerprint density at radius 1 is 1.00 bits per heavy atom. The van der Waals surface area contributed by atoms with Crippen molar-refractivity contribution in [3.05, 3.63) is 57.6 Å². The fourth-order valence-corrected chi connectivity index (χ4v) is 4.88. The zero-order valence-electron chi connectivity index (χ0n) is 19.9. The number of hydrogen-bond acceptors (Lipinski definition) is 6. The molecule has 4 rings (SSSR count). The summed E-state index contributed by atoms with van der Waals surface area (Å²) in [5.74, 6) is -0.375. The minimum Gasteiger partial charge on any atom is -0.493 e. The van der Waals surface area contributed by atoms with Gasteiger partial charge in [-0.3, -0.25) is 24.2 Å². The monoisotopic (exact) mass is 534 g/mol. The molecule has 10 heteroatoms. The average Bonchev–Trinajstić information content (AvgIpc) is 3.13. The summed E-state index contributed by atoms with van der Waals surface area (Å²) < 4.78 is 11.3. The van der Waals surface area contributed by atoms with Gasteiger partial charge in [-0.15, -0.1) is 0 Å². The van der Waals surface area contributed by atoms with Crippen molar-refractivity contribution in [2.75, 3.05) is 20.3 Å². The number of benzene rings is 2. The maximum atomic E-state index is 11.8. The van der Waals surface area contributed by atoms with Crippen LogP contribution in [0.3, 0.4) is 0 Å². The molecule has 2 fully saturated rings. The SMILES string of the molecule is COc1cc(CN(Cc2ccc(Cl)c(Cl)c2)C2CC(C(=O)O)C2)ccc1OCCN1C(=O)CCC1=O. The zero-order valence-corrected chi connectivity index (χ0v) is 21.4. The van der Waals surface area contributed by atoms with Gasteiger partial charge in [0.15, 0.2) is 11.5 Å². The van der Waals surface area contributed by atoms with Crippen molar-refractivity contribution < 1.29 is 29.0 Å². The predicted octanol–water partition coefficient (Wildman–Crippen LogP) is 4.40. The first-order valence-corrected chi connectivity index (χ1v) is 12.5. The predicted molar refractivity (Wildman–Crippen MR) is 134 cm³/mol. The summed E-state index contributed by atoms with van der Waals surface area (Å²) in [5, 5.41) is 10.3. The lowest BCUT2D eigenvalue weighted by Gasteiger charge is -2.41. The Balaban J connectivity index is 1.44. The van der Waals surface area contributed by atoms with Crippen LogP contribution >= 0.6 is 23.2 Å². The van der Waals surface area contributed by atoms with Crippen LogP contribution in [0.4, 0.5) is 0 Å². The third kappa shape index (κ3) is 6.11. The number of carbonyl (C=O) groups is 3. The second-order valence-corrected chi connectivity index (χ2v) is 9.90. The molecule has 2 aliphatic rings. The first-order chi connectivity index (χ1) is 17.2. The van der Waals surface area contributed by atoms with Crippen molar-refractivity contribution in [2.24, 2.45) is 5.92 Å². The van der Waals surface area contributed by atoms with E-state index in [-0.39, 0.29) is 49.8 Å². The Hall–Kier alpha value is -2.81. The quantitative estimate of drug-likeness (QED) is 0.427. The number of carboxylic acids is 1. The molecule has 2 aromatic carbocycles. The Kier molecular flexibility index (Phi) is 8.39. The highest BCUT2D eigenvalue weighted by molar-refractivity contribution is 6.42. The van der Waals surface area contributed by atoms with Crippen molar-refractivity contribution >= 4 is 41.0 Å². The van der Waals surface area contributed by atoms with Gasteiger partial charge < -0.3 is 14.6 Å². The van der Waals surface area contributed by atoms with Crippen LogP contribution in [0.2, 0.25) is 10.0 Å². The smallest absolute Gasteiger partial charge is 0.306 e. The van der Waals surface area contributed by atoms with Crippen molar-refractivity contribution in [1.82, 2.24) is 9.80 Å². The molecule has 0 bridgehead atoms. The number of likely N-dealkylation sites (tertiary alicyclic amines) is 1. The van der Waals surface area contributed by atoms with E-state index in [1.165, 1.54) is 4.90 Å². The van der Waals surface area contributed by atoms with Crippen LogP contribution in [0.25, 0.3) is 0 Å². The van der Waals surface area contributed by atoms with Gasteiger partial charge in [0, 0.05) is 32.0 Å². The second kappa shape index (κ2) is 11.5. The minimum absolute atomic E-state index is 0.123. The summed E-state index contributed by atoms with van der Waals surface area (Å²) in [6.07, 6.45) is 1.68. The van der Waals surface area contributed by atoms with Gasteiger partial charge in [-0.1, -0.05) is 35.3 Å².